The second kappa shape index (κ2) is 7.21. The zero-order valence-corrected chi connectivity index (χ0v) is 10.0. The molecule has 2 rings (SSSR count). The Morgan fingerprint density at radius 3 is 1.76 bits per heavy atom. The summed E-state index contributed by atoms with van der Waals surface area (Å²) < 4.78 is 21.0. The largest absolute Gasteiger partial charge is 0.491 e. The average molecular weight is 254 g/mol. The molecule has 2 aliphatic heterocycles. The lowest BCUT2D eigenvalue weighted by Gasteiger charge is -2.15. The number of allylic oxidation sites excluding steroid dienone is 4. The molecule has 0 aromatic rings. The molecule has 0 aromatic carbocycles. The number of rotatable bonds is 6. The van der Waals surface area contributed by atoms with E-state index in [0.29, 0.717) is 13.2 Å². The van der Waals surface area contributed by atoms with Gasteiger partial charge in [0.25, 0.3) is 0 Å². The summed E-state index contributed by atoms with van der Waals surface area (Å²) in [5, 5.41) is 0. The second-order valence-corrected chi connectivity index (χ2v) is 4.02. The Kier molecular flexibility index (Phi) is 5.22. The van der Waals surface area contributed by atoms with Gasteiger partial charge in [0.15, 0.2) is 12.3 Å². The fourth-order valence-corrected chi connectivity index (χ4v) is 1.71. The molecule has 92 valence electrons. The summed E-state index contributed by atoms with van der Waals surface area (Å²) in [7, 11) is 0. The molecular weight excluding hydrogens is 240 g/mol. The van der Waals surface area contributed by atoms with E-state index in [4.69, 9.17) is 17.8 Å². The van der Waals surface area contributed by atoms with E-state index >= 15 is 0 Å². The molecule has 2 heterocycles. The summed E-state index contributed by atoms with van der Waals surface area (Å²) in [6, 6.07) is 0. The topological polar surface area (TPSA) is 36.9 Å². The Bertz CT molecular complexity index is 303. The van der Waals surface area contributed by atoms with Crippen LogP contribution >= 0.6 is 12.3 Å². The molecule has 0 saturated carbocycles. The van der Waals surface area contributed by atoms with Crippen molar-refractivity contribution in [2.75, 3.05) is 13.2 Å². The second-order valence-electron chi connectivity index (χ2n) is 3.41. The van der Waals surface area contributed by atoms with E-state index in [1.165, 1.54) is 0 Å². The van der Waals surface area contributed by atoms with Crippen molar-refractivity contribution in [3.63, 3.8) is 0 Å². The highest BCUT2D eigenvalue weighted by Crippen LogP contribution is 2.12. The van der Waals surface area contributed by atoms with Gasteiger partial charge in [0.05, 0.1) is 12.5 Å². The number of hydrogen-bond acceptors (Lipinski definition) is 5. The van der Waals surface area contributed by atoms with Crippen LogP contribution in [0, 0.1) is 0 Å². The normalized spacial score (nSPS) is 25.6. The van der Waals surface area contributed by atoms with Crippen LogP contribution in [0.25, 0.3) is 0 Å². The number of hydrogen-bond donors (Lipinski definition) is 0. The van der Waals surface area contributed by atoms with Crippen molar-refractivity contribution in [2.24, 2.45) is 0 Å². The maximum Gasteiger partial charge on any atom is 0.158 e. The van der Waals surface area contributed by atoms with Gasteiger partial charge in [-0.2, -0.15) is 0 Å². The van der Waals surface area contributed by atoms with E-state index < -0.39 is 0 Å². The molecule has 4 nitrogen and oxygen atoms in total. The molecule has 17 heavy (non-hydrogen) atoms. The van der Waals surface area contributed by atoms with Crippen LogP contribution in [0.1, 0.15) is 0 Å². The van der Waals surface area contributed by atoms with Crippen molar-refractivity contribution in [1.82, 2.24) is 0 Å². The molecule has 0 aromatic heterocycles. The van der Waals surface area contributed by atoms with Crippen molar-refractivity contribution >= 4 is 12.3 Å². The monoisotopic (exact) mass is 254 g/mol. The van der Waals surface area contributed by atoms with E-state index in [2.05, 4.69) is 0 Å². The first-order valence-corrected chi connectivity index (χ1v) is 6.00. The van der Waals surface area contributed by atoms with Gasteiger partial charge in [-0.05, 0) is 24.3 Å². The summed E-state index contributed by atoms with van der Waals surface area (Å²) in [4.78, 5) is 0. The molecule has 0 aliphatic carbocycles. The molecule has 0 spiro atoms. The van der Waals surface area contributed by atoms with Crippen molar-refractivity contribution in [3.8, 4) is 0 Å². The van der Waals surface area contributed by atoms with Gasteiger partial charge in [0.1, 0.15) is 25.4 Å². The van der Waals surface area contributed by atoms with E-state index in [1.54, 1.807) is 12.5 Å². The summed E-state index contributed by atoms with van der Waals surface area (Å²) >= 11 is 0.965. The van der Waals surface area contributed by atoms with Gasteiger partial charge in [-0.1, -0.05) is 12.2 Å². The molecule has 2 unspecified atom stereocenters. The van der Waals surface area contributed by atoms with Crippen LogP contribution in [0.4, 0.5) is 0 Å². The summed E-state index contributed by atoms with van der Waals surface area (Å²) in [6.45, 7) is 0.902. The fraction of sp³-hybridized carbons (Fsp3) is 0.333. The van der Waals surface area contributed by atoms with Crippen LogP contribution in [0.3, 0.4) is 0 Å². The van der Waals surface area contributed by atoms with E-state index in [-0.39, 0.29) is 12.2 Å². The van der Waals surface area contributed by atoms with Crippen LogP contribution in [0.5, 0.6) is 0 Å². The first-order chi connectivity index (χ1) is 8.45. The molecular formula is C12H14O4S. The predicted molar refractivity (Wildman–Crippen MR) is 65.8 cm³/mol. The van der Waals surface area contributed by atoms with Crippen molar-refractivity contribution in [1.29, 1.82) is 0 Å². The Labute approximate surface area is 105 Å². The first-order valence-electron chi connectivity index (χ1n) is 5.34. The van der Waals surface area contributed by atoms with Gasteiger partial charge in [-0.15, -0.1) is 0 Å². The molecule has 0 radical (unpaired) electrons. The summed E-state index contributed by atoms with van der Waals surface area (Å²) in [6.07, 6.45) is 14.6. The Balaban J connectivity index is 1.49. The van der Waals surface area contributed by atoms with Crippen LogP contribution in [-0.2, 0) is 17.8 Å². The van der Waals surface area contributed by atoms with Gasteiger partial charge in [0.2, 0.25) is 0 Å². The third kappa shape index (κ3) is 4.68. The maximum absolute atomic E-state index is 5.27. The zero-order valence-electron chi connectivity index (χ0n) is 9.23. The smallest absolute Gasteiger partial charge is 0.158 e. The van der Waals surface area contributed by atoms with Gasteiger partial charge < -0.3 is 9.47 Å². The Hall–Kier alpha value is -1.17. The quantitative estimate of drug-likeness (QED) is 0.538. The lowest BCUT2D eigenvalue weighted by molar-refractivity contribution is 0.108. The zero-order chi connectivity index (χ0) is 11.8. The standard InChI is InChI=1S/C12H14O4S/c1-3-7-13-11(5-1)9-15-17-16-10-12-6-2-4-8-14-12/h1-8,11-12H,9-10H2. The summed E-state index contributed by atoms with van der Waals surface area (Å²) in [5.74, 6) is 0. The van der Waals surface area contributed by atoms with Crippen LogP contribution < -0.4 is 0 Å². The third-order valence-electron chi connectivity index (χ3n) is 2.10. The molecule has 0 amide bonds. The van der Waals surface area contributed by atoms with Crippen molar-refractivity contribution in [3.05, 3.63) is 49.0 Å². The van der Waals surface area contributed by atoms with Crippen molar-refractivity contribution in [2.45, 2.75) is 12.2 Å². The summed E-state index contributed by atoms with van der Waals surface area (Å²) in [5.41, 5.74) is 0. The van der Waals surface area contributed by atoms with E-state index in [9.17, 15) is 0 Å². The maximum atomic E-state index is 5.27. The van der Waals surface area contributed by atoms with Crippen LogP contribution in [-0.4, -0.2) is 25.4 Å². The van der Waals surface area contributed by atoms with Gasteiger partial charge in [-0.3, -0.25) is 8.37 Å². The highest BCUT2D eigenvalue weighted by Gasteiger charge is 2.09. The molecule has 0 fully saturated rings. The van der Waals surface area contributed by atoms with E-state index in [0.717, 1.165) is 12.3 Å². The van der Waals surface area contributed by atoms with Crippen molar-refractivity contribution < 1.29 is 17.8 Å². The molecule has 2 aliphatic rings. The fourth-order valence-electron chi connectivity index (χ4n) is 1.26. The van der Waals surface area contributed by atoms with Crippen LogP contribution in [0.2, 0.25) is 0 Å². The molecule has 0 bridgehead atoms. The van der Waals surface area contributed by atoms with Crippen LogP contribution in [0.15, 0.2) is 49.0 Å². The van der Waals surface area contributed by atoms with Gasteiger partial charge >= 0.3 is 0 Å². The minimum atomic E-state index is -0.0372. The molecule has 0 saturated heterocycles. The Morgan fingerprint density at radius 1 is 0.824 bits per heavy atom. The third-order valence-corrected chi connectivity index (χ3v) is 2.56. The molecule has 5 heteroatoms. The number of ether oxygens (including phenoxy) is 2. The molecule has 0 N–H and O–H groups in total. The lowest BCUT2D eigenvalue weighted by atomic mass is 10.3. The Morgan fingerprint density at radius 2 is 1.35 bits per heavy atom. The predicted octanol–water partition coefficient (Wildman–Crippen LogP) is 2.52. The van der Waals surface area contributed by atoms with Gasteiger partial charge in [0, 0.05) is 0 Å². The van der Waals surface area contributed by atoms with E-state index in [1.807, 2.05) is 36.5 Å². The minimum absolute atomic E-state index is 0.0372. The SMILES string of the molecule is C1=COC(COSOCC2C=CC=CO2)C=C1. The average Bonchev–Trinajstić information content (AvgIpc) is 2.41. The minimum Gasteiger partial charge on any atom is -0.491 e. The highest BCUT2D eigenvalue weighted by atomic mass is 32.2. The first kappa shape index (κ1) is 12.3. The highest BCUT2D eigenvalue weighted by molar-refractivity contribution is 7.89. The lowest BCUT2D eigenvalue weighted by Crippen LogP contribution is -2.16. The molecule has 2 atom stereocenters. The van der Waals surface area contributed by atoms with Gasteiger partial charge in [-0.25, -0.2) is 0 Å².